The van der Waals surface area contributed by atoms with Gasteiger partial charge in [-0.1, -0.05) is 17.7 Å². The minimum absolute atomic E-state index is 0.281. The SMILES string of the molecule is Cn1cc(CNCc2c(F)cccc2Cl)cn1. The summed E-state index contributed by atoms with van der Waals surface area (Å²) in [5.41, 5.74) is 1.55. The minimum Gasteiger partial charge on any atom is -0.308 e. The standard InChI is InChI=1S/C12H13ClFN3/c1-17-8-9(6-16-17)5-15-7-10-11(13)3-2-4-12(10)14/h2-4,6,8,15H,5,7H2,1H3. The molecule has 3 nitrogen and oxygen atoms in total. The molecule has 0 aliphatic heterocycles. The van der Waals surface area contributed by atoms with E-state index in [1.165, 1.54) is 6.07 Å². The van der Waals surface area contributed by atoms with Gasteiger partial charge in [-0.25, -0.2) is 4.39 Å². The van der Waals surface area contributed by atoms with E-state index < -0.39 is 0 Å². The van der Waals surface area contributed by atoms with Crippen LogP contribution in [0.15, 0.2) is 30.6 Å². The molecule has 2 rings (SSSR count). The maximum absolute atomic E-state index is 13.4. The second-order valence-electron chi connectivity index (χ2n) is 3.83. The minimum atomic E-state index is -0.281. The van der Waals surface area contributed by atoms with Crippen molar-refractivity contribution in [2.75, 3.05) is 0 Å². The van der Waals surface area contributed by atoms with E-state index in [4.69, 9.17) is 11.6 Å². The summed E-state index contributed by atoms with van der Waals surface area (Å²) in [7, 11) is 1.86. The van der Waals surface area contributed by atoms with Crippen molar-refractivity contribution >= 4 is 11.6 Å². The van der Waals surface area contributed by atoms with Crippen LogP contribution in [0, 0.1) is 5.82 Å². The molecule has 0 amide bonds. The van der Waals surface area contributed by atoms with Gasteiger partial charge in [0.05, 0.1) is 6.20 Å². The first-order chi connectivity index (χ1) is 8.16. The number of hydrogen-bond donors (Lipinski definition) is 1. The Hall–Kier alpha value is -1.39. The van der Waals surface area contributed by atoms with Crippen molar-refractivity contribution in [1.29, 1.82) is 0 Å². The number of aryl methyl sites for hydroxylation is 1. The van der Waals surface area contributed by atoms with Crippen molar-refractivity contribution < 1.29 is 4.39 Å². The van der Waals surface area contributed by atoms with Crippen LogP contribution in [-0.4, -0.2) is 9.78 Å². The highest BCUT2D eigenvalue weighted by Crippen LogP contribution is 2.18. The van der Waals surface area contributed by atoms with Gasteiger partial charge >= 0.3 is 0 Å². The van der Waals surface area contributed by atoms with Gasteiger partial charge < -0.3 is 5.32 Å². The van der Waals surface area contributed by atoms with Gasteiger partial charge in [-0.2, -0.15) is 5.10 Å². The molecule has 2 aromatic rings. The Morgan fingerprint density at radius 2 is 2.24 bits per heavy atom. The Morgan fingerprint density at radius 3 is 2.88 bits per heavy atom. The number of nitrogens with one attached hydrogen (secondary N) is 1. The maximum atomic E-state index is 13.4. The Bertz CT molecular complexity index is 490. The molecular weight excluding hydrogens is 241 g/mol. The third kappa shape index (κ3) is 3.05. The van der Waals surface area contributed by atoms with Crippen molar-refractivity contribution in [3.63, 3.8) is 0 Å². The monoisotopic (exact) mass is 253 g/mol. The van der Waals surface area contributed by atoms with E-state index in [1.807, 2.05) is 13.2 Å². The summed E-state index contributed by atoms with van der Waals surface area (Å²) in [5, 5.41) is 7.64. The van der Waals surface area contributed by atoms with Crippen LogP contribution in [-0.2, 0) is 20.1 Å². The molecule has 90 valence electrons. The van der Waals surface area contributed by atoms with Crippen LogP contribution in [0.4, 0.5) is 4.39 Å². The van der Waals surface area contributed by atoms with Crippen LogP contribution in [0.3, 0.4) is 0 Å². The third-order valence-electron chi connectivity index (χ3n) is 2.45. The van der Waals surface area contributed by atoms with E-state index in [0.717, 1.165) is 5.56 Å². The van der Waals surface area contributed by atoms with E-state index >= 15 is 0 Å². The van der Waals surface area contributed by atoms with Crippen molar-refractivity contribution in [1.82, 2.24) is 15.1 Å². The summed E-state index contributed by atoms with van der Waals surface area (Å²) in [5.74, 6) is -0.281. The topological polar surface area (TPSA) is 29.9 Å². The van der Waals surface area contributed by atoms with Crippen LogP contribution in [0.5, 0.6) is 0 Å². The fourth-order valence-corrected chi connectivity index (χ4v) is 1.83. The number of halogens is 2. The molecule has 1 aromatic carbocycles. The molecule has 0 aliphatic carbocycles. The van der Waals surface area contributed by atoms with Crippen molar-refractivity contribution in [2.24, 2.45) is 7.05 Å². The summed E-state index contributed by atoms with van der Waals surface area (Å²) >= 11 is 5.92. The third-order valence-corrected chi connectivity index (χ3v) is 2.81. The van der Waals surface area contributed by atoms with Gasteiger partial charge in [-0.15, -0.1) is 0 Å². The van der Waals surface area contributed by atoms with Gasteiger partial charge in [0.25, 0.3) is 0 Å². The van der Waals surface area contributed by atoms with Gasteiger partial charge in [-0.05, 0) is 12.1 Å². The molecule has 1 N–H and O–H groups in total. The first-order valence-electron chi connectivity index (χ1n) is 5.28. The zero-order valence-corrected chi connectivity index (χ0v) is 10.2. The van der Waals surface area contributed by atoms with E-state index in [-0.39, 0.29) is 5.82 Å². The van der Waals surface area contributed by atoms with E-state index in [1.54, 1.807) is 23.0 Å². The Kier molecular flexibility index (Phi) is 3.76. The molecule has 1 aromatic heterocycles. The van der Waals surface area contributed by atoms with Crippen LogP contribution >= 0.6 is 11.6 Å². The zero-order chi connectivity index (χ0) is 12.3. The quantitative estimate of drug-likeness (QED) is 0.907. The first kappa shape index (κ1) is 12.1. The molecule has 0 spiro atoms. The molecule has 0 bridgehead atoms. The Morgan fingerprint density at radius 1 is 1.41 bits per heavy atom. The van der Waals surface area contributed by atoms with Crippen LogP contribution in [0.1, 0.15) is 11.1 Å². The molecule has 5 heteroatoms. The number of hydrogen-bond acceptors (Lipinski definition) is 2. The lowest BCUT2D eigenvalue weighted by Crippen LogP contribution is -2.13. The second-order valence-corrected chi connectivity index (χ2v) is 4.23. The maximum Gasteiger partial charge on any atom is 0.129 e. The molecule has 0 unspecified atom stereocenters. The fraction of sp³-hybridized carbons (Fsp3) is 0.250. The molecule has 0 fully saturated rings. The van der Waals surface area contributed by atoms with Crippen LogP contribution < -0.4 is 5.32 Å². The lowest BCUT2D eigenvalue weighted by atomic mass is 10.2. The van der Waals surface area contributed by atoms with Gasteiger partial charge in [0.1, 0.15) is 5.82 Å². The van der Waals surface area contributed by atoms with Crippen molar-refractivity contribution in [3.8, 4) is 0 Å². The van der Waals surface area contributed by atoms with Gasteiger partial charge in [0.2, 0.25) is 0 Å². The second kappa shape index (κ2) is 5.29. The van der Waals surface area contributed by atoms with Crippen LogP contribution in [0.25, 0.3) is 0 Å². The van der Waals surface area contributed by atoms with E-state index in [2.05, 4.69) is 10.4 Å². The summed E-state index contributed by atoms with van der Waals surface area (Å²) in [6, 6.07) is 4.70. The predicted octanol–water partition coefficient (Wildman–Crippen LogP) is 2.50. The molecular formula is C12H13ClFN3. The van der Waals surface area contributed by atoms with Gasteiger partial charge in [0.15, 0.2) is 0 Å². The van der Waals surface area contributed by atoms with Crippen molar-refractivity contribution in [2.45, 2.75) is 13.1 Å². The fourth-order valence-electron chi connectivity index (χ4n) is 1.60. The molecule has 0 saturated carbocycles. The number of rotatable bonds is 4. The zero-order valence-electron chi connectivity index (χ0n) is 9.45. The molecule has 1 heterocycles. The average Bonchev–Trinajstić information content (AvgIpc) is 2.69. The van der Waals surface area contributed by atoms with Gasteiger partial charge in [-0.3, -0.25) is 4.68 Å². The smallest absolute Gasteiger partial charge is 0.129 e. The molecule has 0 saturated heterocycles. The largest absolute Gasteiger partial charge is 0.308 e. The number of nitrogens with zero attached hydrogens (tertiary/aromatic N) is 2. The van der Waals surface area contributed by atoms with Crippen LogP contribution in [0.2, 0.25) is 5.02 Å². The van der Waals surface area contributed by atoms with E-state index in [0.29, 0.717) is 23.7 Å². The highest BCUT2D eigenvalue weighted by molar-refractivity contribution is 6.31. The summed E-state index contributed by atoms with van der Waals surface area (Å²) in [6.07, 6.45) is 3.69. The molecule has 0 aliphatic rings. The average molecular weight is 254 g/mol. The highest BCUT2D eigenvalue weighted by atomic mass is 35.5. The van der Waals surface area contributed by atoms with Gasteiger partial charge in [0, 0.05) is 42.5 Å². The van der Waals surface area contributed by atoms with E-state index in [9.17, 15) is 4.39 Å². The summed E-state index contributed by atoms with van der Waals surface area (Å²) < 4.78 is 15.2. The molecule has 0 atom stereocenters. The Balaban J connectivity index is 1.94. The summed E-state index contributed by atoms with van der Waals surface area (Å²) in [4.78, 5) is 0. The Labute approximate surface area is 104 Å². The number of benzene rings is 1. The first-order valence-corrected chi connectivity index (χ1v) is 5.66. The predicted molar refractivity (Wildman–Crippen MR) is 65.2 cm³/mol. The normalized spacial score (nSPS) is 10.8. The number of aromatic nitrogens is 2. The lowest BCUT2D eigenvalue weighted by molar-refractivity contribution is 0.588. The summed E-state index contributed by atoms with van der Waals surface area (Å²) in [6.45, 7) is 1.04. The van der Waals surface area contributed by atoms with Crippen molar-refractivity contribution in [3.05, 3.63) is 52.6 Å². The molecule has 0 radical (unpaired) electrons. The highest BCUT2D eigenvalue weighted by Gasteiger charge is 2.06. The molecule has 17 heavy (non-hydrogen) atoms. The lowest BCUT2D eigenvalue weighted by Gasteiger charge is -2.06.